The maximum atomic E-state index is 2.58. The van der Waals surface area contributed by atoms with Gasteiger partial charge in [0.15, 0.2) is 0 Å². The van der Waals surface area contributed by atoms with E-state index in [1.807, 2.05) is 0 Å². The predicted octanol–water partition coefficient (Wildman–Crippen LogP) is 4.56. The Bertz CT molecular complexity index is 336. The molecule has 0 aromatic carbocycles. The molecule has 4 rings (SSSR count). The quantitative estimate of drug-likeness (QED) is 0.507. The van der Waals surface area contributed by atoms with Crippen LogP contribution in [0.3, 0.4) is 0 Å². The Labute approximate surface area is 94.1 Å². The molecule has 3 unspecified atom stereocenters. The molecule has 4 aliphatic rings. The van der Waals surface area contributed by atoms with Gasteiger partial charge < -0.3 is 0 Å². The fourth-order valence-corrected chi connectivity index (χ4v) is 5.34. The molecule has 0 aromatic rings. The van der Waals surface area contributed by atoms with Gasteiger partial charge in [0.25, 0.3) is 0 Å². The highest BCUT2D eigenvalue weighted by molar-refractivity contribution is 5.31. The number of hydrogen-bond donors (Lipinski definition) is 0. The third kappa shape index (κ3) is 0.867. The highest BCUT2D eigenvalue weighted by atomic mass is 14.7. The number of hydrogen-bond acceptors (Lipinski definition) is 0. The predicted molar refractivity (Wildman–Crippen MR) is 64.7 cm³/mol. The van der Waals surface area contributed by atoms with Crippen molar-refractivity contribution in [2.24, 2.45) is 22.2 Å². The maximum absolute atomic E-state index is 2.58. The molecule has 0 N–H and O–H groups in total. The van der Waals surface area contributed by atoms with Gasteiger partial charge in [-0.2, -0.15) is 0 Å². The number of fused-ring (bicyclic) bond motifs is 1. The normalized spacial score (nSPS) is 51.5. The van der Waals surface area contributed by atoms with Gasteiger partial charge in [-0.1, -0.05) is 38.8 Å². The van der Waals surface area contributed by atoms with E-state index in [1.165, 1.54) is 32.1 Å². The van der Waals surface area contributed by atoms with E-state index in [9.17, 15) is 0 Å². The molecule has 0 amide bonds. The number of rotatable bonds is 0. The van der Waals surface area contributed by atoms with Crippen LogP contribution in [0.4, 0.5) is 0 Å². The first-order valence-electron chi connectivity index (χ1n) is 6.60. The minimum Gasteiger partial charge on any atom is -0.0847 e. The van der Waals surface area contributed by atoms with Crippen LogP contribution in [0, 0.1) is 22.2 Å². The third-order valence-corrected chi connectivity index (χ3v) is 6.53. The average Bonchev–Trinajstić information content (AvgIpc) is 2.14. The van der Waals surface area contributed by atoms with Crippen molar-refractivity contribution in [1.29, 1.82) is 0 Å². The van der Waals surface area contributed by atoms with Gasteiger partial charge in [-0.25, -0.2) is 0 Å². The summed E-state index contributed by atoms with van der Waals surface area (Å²) in [6.07, 6.45) is 9.77. The van der Waals surface area contributed by atoms with E-state index < -0.39 is 0 Å². The van der Waals surface area contributed by atoms with E-state index in [2.05, 4.69) is 33.8 Å². The molecule has 0 aromatic heterocycles. The van der Waals surface area contributed by atoms with Gasteiger partial charge >= 0.3 is 0 Å². The maximum Gasteiger partial charge on any atom is -0.0141 e. The standard InChI is InChI=1S/C15H24/c1-11-6-9-15-10-12(11)14(15,4)8-5-7-13(15,2)3/h6,12H,5,7-10H2,1-4H3. The van der Waals surface area contributed by atoms with Crippen LogP contribution in [-0.4, -0.2) is 0 Å². The lowest BCUT2D eigenvalue weighted by atomic mass is 9.30. The lowest BCUT2D eigenvalue weighted by Crippen LogP contribution is -2.66. The van der Waals surface area contributed by atoms with Crippen LogP contribution in [0.15, 0.2) is 11.6 Å². The van der Waals surface area contributed by atoms with Crippen molar-refractivity contribution in [3.63, 3.8) is 0 Å². The van der Waals surface area contributed by atoms with Gasteiger partial charge in [-0.3, -0.25) is 0 Å². The fourth-order valence-electron chi connectivity index (χ4n) is 5.34. The summed E-state index contributed by atoms with van der Waals surface area (Å²) in [5.41, 5.74) is 3.57. The molecule has 0 heterocycles. The summed E-state index contributed by atoms with van der Waals surface area (Å²) in [6.45, 7) is 9.99. The van der Waals surface area contributed by atoms with Crippen molar-refractivity contribution in [1.82, 2.24) is 0 Å². The molecule has 0 nitrogen and oxygen atoms in total. The van der Waals surface area contributed by atoms with Crippen molar-refractivity contribution in [2.75, 3.05) is 0 Å². The van der Waals surface area contributed by atoms with Crippen LogP contribution in [0.2, 0.25) is 0 Å². The zero-order chi connectivity index (χ0) is 10.9. The van der Waals surface area contributed by atoms with Crippen LogP contribution >= 0.6 is 0 Å². The lowest BCUT2D eigenvalue weighted by molar-refractivity contribution is -0.225. The second kappa shape index (κ2) is 2.52. The summed E-state index contributed by atoms with van der Waals surface area (Å²) in [6, 6.07) is 0. The molecule has 3 atom stereocenters. The van der Waals surface area contributed by atoms with E-state index in [4.69, 9.17) is 0 Å². The molecule has 0 saturated heterocycles. The smallest absolute Gasteiger partial charge is 0.0141 e. The zero-order valence-corrected chi connectivity index (χ0v) is 10.7. The second-order valence-corrected chi connectivity index (χ2v) is 7.15. The summed E-state index contributed by atoms with van der Waals surface area (Å²) in [5.74, 6) is 0.922. The Morgan fingerprint density at radius 1 is 1.20 bits per heavy atom. The van der Waals surface area contributed by atoms with Gasteiger partial charge in [0.1, 0.15) is 0 Å². The molecule has 0 radical (unpaired) electrons. The molecule has 1 spiro atoms. The Balaban J connectivity index is 2.10. The molecule has 2 bridgehead atoms. The summed E-state index contributed by atoms with van der Waals surface area (Å²) >= 11 is 0. The van der Waals surface area contributed by atoms with Crippen LogP contribution in [0.1, 0.15) is 59.8 Å². The molecular formula is C15H24. The van der Waals surface area contributed by atoms with Gasteiger partial charge in [-0.05, 0) is 54.8 Å². The molecule has 84 valence electrons. The summed E-state index contributed by atoms with van der Waals surface area (Å²) in [7, 11) is 0. The summed E-state index contributed by atoms with van der Waals surface area (Å²) < 4.78 is 0. The minimum atomic E-state index is 0.577. The third-order valence-electron chi connectivity index (χ3n) is 6.53. The van der Waals surface area contributed by atoms with E-state index in [0.717, 1.165) is 5.92 Å². The van der Waals surface area contributed by atoms with Crippen molar-refractivity contribution < 1.29 is 0 Å². The van der Waals surface area contributed by atoms with Crippen LogP contribution in [0.5, 0.6) is 0 Å². The van der Waals surface area contributed by atoms with Crippen molar-refractivity contribution in [3.05, 3.63) is 11.6 Å². The van der Waals surface area contributed by atoms with Gasteiger partial charge in [-0.15, -0.1) is 0 Å². The van der Waals surface area contributed by atoms with E-state index >= 15 is 0 Å². The Kier molecular flexibility index (Phi) is 1.67. The topological polar surface area (TPSA) is 0 Å². The molecule has 0 heteroatoms. The van der Waals surface area contributed by atoms with Gasteiger partial charge in [0.05, 0.1) is 0 Å². The first-order valence-corrected chi connectivity index (χ1v) is 6.60. The highest BCUT2D eigenvalue weighted by Gasteiger charge is 2.69. The summed E-state index contributed by atoms with van der Waals surface area (Å²) in [5, 5.41) is 0. The van der Waals surface area contributed by atoms with E-state index in [1.54, 1.807) is 5.57 Å². The Hall–Kier alpha value is -0.260. The SMILES string of the molecule is CC1=CCC23CC1C2(C)CCCC3(C)C. The fraction of sp³-hybridized carbons (Fsp3) is 0.867. The van der Waals surface area contributed by atoms with Crippen LogP contribution in [0.25, 0.3) is 0 Å². The lowest BCUT2D eigenvalue weighted by Gasteiger charge is -2.74. The average molecular weight is 204 g/mol. The van der Waals surface area contributed by atoms with E-state index in [-0.39, 0.29) is 0 Å². The Morgan fingerprint density at radius 3 is 2.60 bits per heavy atom. The molecule has 2 fully saturated rings. The van der Waals surface area contributed by atoms with Crippen molar-refractivity contribution in [3.8, 4) is 0 Å². The van der Waals surface area contributed by atoms with Crippen LogP contribution in [-0.2, 0) is 0 Å². The van der Waals surface area contributed by atoms with Gasteiger partial charge in [0, 0.05) is 0 Å². The first-order chi connectivity index (χ1) is 6.93. The first kappa shape index (κ1) is 9.93. The Morgan fingerprint density at radius 2 is 1.93 bits per heavy atom. The highest BCUT2D eigenvalue weighted by Crippen LogP contribution is 2.78. The summed E-state index contributed by atoms with van der Waals surface area (Å²) in [4.78, 5) is 0. The minimum absolute atomic E-state index is 0.577. The van der Waals surface area contributed by atoms with Crippen molar-refractivity contribution in [2.45, 2.75) is 59.8 Å². The second-order valence-electron chi connectivity index (χ2n) is 7.15. The van der Waals surface area contributed by atoms with E-state index in [0.29, 0.717) is 16.2 Å². The molecule has 0 aliphatic heterocycles. The molecule has 15 heavy (non-hydrogen) atoms. The number of allylic oxidation sites excluding steroid dienone is 2. The zero-order valence-electron chi connectivity index (χ0n) is 10.7. The largest absolute Gasteiger partial charge is 0.0847 e. The van der Waals surface area contributed by atoms with Crippen molar-refractivity contribution >= 4 is 0 Å². The van der Waals surface area contributed by atoms with Gasteiger partial charge in [0.2, 0.25) is 0 Å². The molecule has 4 aliphatic carbocycles. The monoisotopic (exact) mass is 204 g/mol. The molecule has 2 saturated carbocycles. The molecular weight excluding hydrogens is 180 g/mol. The van der Waals surface area contributed by atoms with Crippen LogP contribution < -0.4 is 0 Å².